The molecule has 10 heteroatoms. The summed E-state index contributed by atoms with van der Waals surface area (Å²) in [5.74, 6) is -2.23. The molecule has 2 N–H and O–H groups in total. The molecule has 0 aliphatic rings. The molecule has 0 saturated heterocycles. The van der Waals surface area contributed by atoms with Crippen molar-refractivity contribution in [2.45, 2.75) is 44.5 Å². The zero-order valence-electron chi connectivity index (χ0n) is 17.2. The van der Waals surface area contributed by atoms with Gasteiger partial charge in [0.1, 0.15) is 0 Å². The summed E-state index contributed by atoms with van der Waals surface area (Å²) >= 11 is 0. The first-order chi connectivity index (χ1) is 14.7. The third-order valence-electron chi connectivity index (χ3n) is 5.18. The van der Waals surface area contributed by atoms with Gasteiger partial charge < -0.3 is 10.2 Å². The molecule has 0 bridgehead atoms. The van der Waals surface area contributed by atoms with Crippen LogP contribution in [0.15, 0.2) is 60.7 Å². The van der Waals surface area contributed by atoms with Crippen molar-refractivity contribution < 1.29 is 46.1 Å². The predicted molar refractivity (Wildman–Crippen MR) is 111 cm³/mol. The molecule has 0 fully saturated rings. The minimum Gasteiger partial charge on any atom is -0.395 e. The van der Waals surface area contributed by atoms with Gasteiger partial charge in [-0.05, 0) is 25.0 Å². The van der Waals surface area contributed by atoms with Crippen molar-refractivity contribution in [1.29, 1.82) is 0 Å². The lowest BCUT2D eigenvalue weighted by Crippen LogP contribution is -2.51. The highest BCUT2D eigenvalue weighted by molar-refractivity contribution is 5.89. The van der Waals surface area contributed by atoms with E-state index in [2.05, 4.69) is 0 Å². The first-order valence-corrected chi connectivity index (χ1v) is 9.20. The number of carbonyl (C=O) groups is 2. The van der Waals surface area contributed by atoms with Crippen LogP contribution < -0.4 is 0 Å². The summed E-state index contributed by atoms with van der Waals surface area (Å²) in [6.45, 7) is -0.904. The Morgan fingerprint density at radius 2 is 0.879 bits per heavy atom. The number of hydrogen-bond donors (Lipinski definition) is 2. The zero-order chi connectivity index (χ0) is 24.8. The van der Waals surface area contributed by atoms with E-state index in [-0.39, 0.29) is 18.6 Å². The van der Waals surface area contributed by atoms with E-state index in [1.165, 1.54) is 48.5 Å². The normalized spacial score (nSPS) is 15.1. The molecule has 2 aromatic rings. The molecule has 2 aromatic carbocycles. The predicted octanol–water partition coefficient (Wildman–Crippen LogP) is 4.77. The highest BCUT2D eigenvalue weighted by Gasteiger charge is 2.60. The van der Waals surface area contributed by atoms with Crippen molar-refractivity contribution in [2.75, 3.05) is 13.2 Å². The topological polar surface area (TPSA) is 74.6 Å². The average Bonchev–Trinajstić information content (AvgIpc) is 2.69. The van der Waals surface area contributed by atoms with Gasteiger partial charge in [0.15, 0.2) is 22.4 Å². The quantitative estimate of drug-likeness (QED) is 0.584. The van der Waals surface area contributed by atoms with E-state index in [9.17, 15) is 35.9 Å². The third kappa shape index (κ3) is 5.80. The number of rotatable bonds is 6. The molecule has 0 aliphatic carbocycles. The van der Waals surface area contributed by atoms with Crippen LogP contribution in [-0.4, -0.2) is 47.3 Å². The average molecular weight is 480 g/mol. The highest BCUT2D eigenvalue weighted by Crippen LogP contribution is 2.42. The first-order valence-electron chi connectivity index (χ1n) is 9.20. The fourth-order valence-corrected chi connectivity index (χ4v) is 3.16. The number of aliphatic hydroxyl groups is 2. The summed E-state index contributed by atoms with van der Waals surface area (Å²) < 4.78 is 77.6. The molecule has 2 atom stereocenters. The number of Topliss-reactive ketones (excluding diaryl/α,β-unsaturated/α-hetero) is 2. The minimum atomic E-state index is -4.81. The van der Waals surface area contributed by atoms with Crippen molar-refractivity contribution in [3.8, 4) is 0 Å². The van der Waals surface area contributed by atoms with Gasteiger partial charge in [-0.25, -0.2) is 0 Å². The van der Waals surface area contributed by atoms with E-state index in [0.29, 0.717) is 0 Å². The Balaban J connectivity index is 0.000000602. The van der Waals surface area contributed by atoms with Crippen LogP contribution in [-0.2, 0) is 20.4 Å². The highest BCUT2D eigenvalue weighted by atomic mass is 19.4. The van der Waals surface area contributed by atoms with Gasteiger partial charge in [0.2, 0.25) is 0 Å². The van der Waals surface area contributed by atoms with Crippen molar-refractivity contribution in [2.24, 2.45) is 0 Å². The fourth-order valence-electron chi connectivity index (χ4n) is 3.16. The lowest BCUT2D eigenvalue weighted by Gasteiger charge is -2.31. The number of ketones is 2. The van der Waals surface area contributed by atoms with Crippen LogP contribution in [0, 0.1) is 0 Å². The largest absolute Gasteiger partial charge is 0.407 e. The van der Waals surface area contributed by atoms with Gasteiger partial charge in [-0.3, -0.25) is 9.59 Å². The number of aliphatic hydroxyl groups excluding tert-OH is 2. The van der Waals surface area contributed by atoms with Gasteiger partial charge in [0.25, 0.3) is 0 Å². The summed E-state index contributed by atoms with van der Waals surface area (Å²) in [5.41, 5.74) is -6.10. The van der Waals surface area contributed by atoms with Crippen molar-refractivity contribution in [1.82, 2.24) is 0 Å². The molecular weight excluding hydrogens is 454 g/mol. The summed E-state index contributed by atoms with van der Waals surface area (Å²) in [7, 11) is 0. The number of hydrogen-bond acceptors (Lipinski definition) is 4. The SMILES string of the molecule is C.CC(=O)[C@@](CO)(c1ccccc1)C(F)(F)F.CC(=O)[C@](CO)(c1ccccc1)C(F)(F)F. The standard InChI is InChI=1S/2C11H11F3O2.CH4/c2*1-8(16)10(7-15,11(12,13)14)9-5-3-2-4-6-9;/h2*2-6,15H,7H2,1H3;1H4/t2*10-;/m10./s1. The summed E-state index contributed by atoms with van der Waals surface area (Å²) in [6.07, 6.45) is -9.62. The zero-order valence-corrected chi connectivity index (χ0v) is 17.2. The monoisotopic (exact) mass is 480 g/mol. The summed E-state index contributed by atoms with van der Waals surface area (Å²) in [5, 5.41) is 18.0. The van der Waals surface area contributed by atoms with Gasteiger partial charge in [0, 0.05) is 0 Å². The third-order valence-corrected chi connectivity index (χ3v) is 5.18. The molecule has 4 nitrogen and oxygen atoms in total. The fraction of sp³-hybridized carbons (Fsp3) is 0.391. The Morgan fingerprint density at radius 3 is 1.03 bits per heavy atom. The second-order valence-electron chi connectivity index (χ2n) is 6.97. The molecule has 0 radical (unpaired) electrons. The van der Waals surface area contributed by atoms with E-state index in [1.54, 1.807) is 12.1 Å². The van der Waals surface area contributed by atoms with E-state index in [0.717, 1.165) is 13.8 Å². The Kier molecular flexibility index (Phi) is 10.5. The summed E-state index contributed by atoms with van der Waals surface area (Å²) in [6, 6.07) is 13.4. The Hall–Kier alpha value is -2.72. The van der Waals surface area contributed by atoms with Gasteiger partial charge >= 0.3 is 12.4 Å². The van der Waals surface area contributed by atoms with Crippen LogP contribution in [0.1, 0.15) is 32.4 Å². The second kappa shape index (κ2) is 11.4. The van der Waals surface area contributed by atoms with E-state index in [4.69, 9.17) is 10.2 Å². The van der Waals surface area contributed by atoms with Crippen LogP contribution in [0.3, 0.4) is 0 Å². The maximum atomic E-state index is 12.9. The number of carbonyl (C=O) groups excluding carboxylic acids is 2. The maximum Gasteiger partial charge on any atom is 0.407 e. The van der Waals surface area contributed by atoms with Gasteiger partial charge in [-0.15, -0.1) is 0 Å². The van der Waals surface area contributed by atoms with Crippen LogP contribution in [0.2, 0.25) is 0 Å². The number of alkyl halides is 6. The molecule has 0 amide bonds. The van der Waals surface area contributed by atoms with Crippen LogP contribution >= 0.6 is 0 Å². The Labute approximate surface area is 187 Å². The molecule has 2 rings (SSSR count). The molecule has 0 spiro atoms. The Bertz CT molecular complexity index is 821. The van der Waals surface area contributed by atoms with Crippen molar-refractivity contribution >= 4 is 11.6 Å². The maximum absolute atomic E-state index is 12.9. The number of benzene rings is 2. The van der Waals surface area contributed by atoms with E-state index >= 15 is 0 Å². The smallest absolute Gasteiger partial charge is 0.395 e. The molecular formula is C23H26F6O4. The van der Waals surface area contributed by atoms with Crippen molar-refractivity contribution in [3.63, 3.8) is 0 Å². The minimum absolute atomic E-state index is 0. The Morgan fingerprint density at radius 1 is 0.636 bits per heavy atom. The first kappa shape index (κ1) is 30.3. The molecule has 0 aromatic heterocycles. The van der Waals surface area contributed by atoms with Crippen LogP contribution in [0.25, 0.3) is 0 Å². The van der Waals surface area contributed by atoms with Gasteiger partial charge in [0.05, 0.1) is 13.2 Å². The molecule has 0 aliphatic heterocycles. The second-order valence-corrected chi connectivity index (χ2v) is 6.97. The van der Waals surface area contributed by atoms with E-state index in [1.807, 2.05) is 0 Å². The van der Waals surface area contributed by atoms with Gasteiger partial charge in [-0.1, -0.05) is 68.1 Å². The van der Waals surface area contributed by atoms with Crippen molar-refractivity contribution in [3.05, 3.63) is 71.8 Å². The van der Waals surface area contributed by atoms with E-state index < -0.39 is 48.0 Å². The molecule has 0 heterocycles. The molecule has 0 saturated carbocycles. The number of halogens is 6. The lowest BCUT2D eigenvalue weighted by molar-refractivity contribution is -0.202. The van der Waals surface area contributed by atoms with Gasteiger partial charge in [-0.2, -0.15) is 26.3 Å². The molecule has 184 valence electrons. The van der Waals surface area contributed by atoms with Crippen LogP contribution in [0.5, 0.6) is 0 Å². The van der Waals surface area contributed by atoms with Crippen LogP contribution in [0.4, 0.5) is 26.3 Å². The summed E-state index contributed by atoms with van der Waals surface area (Å²) in [4.78, 5) is 22.5. The lowest BCUT2D eigenvalue weighted by atomic mass is 9.77. The molecule has 33 heavy (non-hydrogen) atoms. The molecule has 0 unspecified atom stereocenters.